The molecule has 2 aromatic rings. The number of aryl methyl sites for hydroxylation is 2. The topological polar surface area (TPSA) is 73.2 Å². The minimum Gasteiger partial charge on any atom is -0.316 e. The van der Waals surface area contributed by atoms with Crippen molar-refractivity contribution in [1.29, 1.82) is 5.26 Å². The molecule has 1 atom stereocenters. The number of fused-ring (bicyclic) bond motifs is 1. The molecule has 2 aliphatic rings. The predicted molar refractivity (Wildman–Crippen MR) is 111 cm³/mol. The van der Waals surface area contributed by atoms with Crippen LogP contribution < -0.4 is 10.2 Å². The molecule has 1 aliphatic heterocycles. The number of anilines is 2. The smallest absolute Gasteiger partial charge is 0.230 e. The summed E-state index contributed by atoms with van der Waals surface area (Å²) in [7, 11) is 0. The van der Waals surface area contributed by atoms with Gasteiger partial charge in [0.1, 0.15) is 11.1 Å². The quantitative estimate of drug-likeness (QED) is 0.851. The van der Waals surface area contributed by atoms with E-state index in [0.29, 0.717) is 17.1 Å². The average molecular weight is 394 g/mol. The van der Waals surface area contributed by atoms with Crippen LogP contribution in [0.2, 0.25) is 0 Å². The van der Waals surface area contributed by atoms with Crippen LogP contribution >= 0.6 is 11.3 Å². The van der Waals surface area contributed by atoms with E-state index in [2.05, 4.69) is 18.3 Å². The van der Waals surface area contributed by atoms with Gasteiger partial charge in [0.25, 0.3) is 0 Å². The lowest BCUT2D eigenvalue weighted by atomic mass is 9.96. The van der Waals surface area contributed by atoms with Crippen molar-refractivity contribution in [1.82, 2.24) is 0 Å². The highest BCUT2D eigenvalue weighted by molar-refractivity contribution is 7.16. The van der Waals surface area contributed by atoms with E-state index in [1.165, 1.54) is 21.8 Å². The highest BCUT2D eigenvalue weighted by Gasteiger charge is 2.36. The molecule has 0 saturated carbocycles. The van der Waals surface area contributed by atoms with Crippen molar-refractivity contribution >= 4 is 33.8 Å². The van der Waals surface area contributed by atoms with E-state index in [0.717, 1.165) is 43.4 Å². The molecule has 2 amide bonds. The molecule has 0 radical (unpaired) electrons. The summed E-state index contributed by atoms with van der Waals surface area (Å²) in [4.78, 5) is 28.2. The van der Waals surface area contributed by atoms with Gasteiger partial charge >= 0.3 is 0 Å². The Kier molecular flexibility index (Phi) is 5.19. The number of hydrogen-bond acceptors (Lipinski definition) is 4. The van der Waals surface area contributed by atoms with Gasteiger partial charge in [-0.15, -0.1) is 11.3 Å². The lowest BCUT2D eigenvalue weighted by Crippen LogP contribution is -2.28. The first-order valence-electron chi connectivity index (χ1n) is 9.85. The first kappa shape index (κ1) is 18.7. The standard InChI is InChI=1S/C22H23N3O2S/c1-2-14-7-9-16(10-8-14)25-13-15(11-20(25)26)21(27)24-22-18(12-23)17-5-3-4-6-19(17)28-22/h7-10,15H,2-6,11,13H2,1H3,(H,24,27)/t15-/m1/s1. The summed E-state index contributed by atoms with van der Waals surface area (Å²) in [5.41, 5.74) is 3.77. The fourth-order valence-electron chi connectivity index (χ4n) is 4.03. The van der Waals surface area contributed by atoms with Crippen molar-refractivity contribution < 1.29 is 9.59 Å². The van der Waals surface area contributed by atoms with E-state index in [9.17, 15) is 14.9 Å². The molecule has 2 heterocycles. The molecule has 28 heavy (non-hydrogen) atoms. The van der Waals surface area contributed by atoms with Crippen LogP contribution in [0.3, 0.4) is 0 Å². The number of amides is 2. The molecular weight excluding hydrogens is 370 g/mol. The molecule has 0 spiro atoms. The molecule has 1 aliphatic carbocycles. The van der Waals surface area contributed by atoms with Crippen LogP contribution in [0.1, 0.15) is 47.8 Å². The van der Waals surface area contributed by atoms with Gasteiger partial charge in [-0.2, -0.15) is 5.26 Å². The summed E-state index contributed by atoms with van der Waals surface area (Å²) in [6, 6.07) is 10.2. The highest BCUT2D eigenvalue weighted by Crippen LogP contribution is 2.38. The molecule has 144 valence electrons. The summed E-state index contributed by atoms with van der Waals surface area (Å²) in [6.07, 6.45) is 5.27. The first-order valence-corrected chi connectivity index (χ1v) is 10.7. The third-order valence-electron chi connectivity index (χ3n) is 5.67. The van der Waals surface area contributed by atoms with Crippen molar-refractivity contribution in [2.75, 3.05) is 16.8 Å². The summed E-state index contributed by atoms with van der Waals surface area (Å²) in [5.74, 6) is -0.601. The second-order valence-electron chi connectivity index (χ2n) is 7.44. The van der Waals surface area contributed by atoms with Gasteiger partial charge < -0.3 is 10.2 Å². The zero-order valence-corrected chi connectivity index (χ0v) is 16.8. The van der Waals surface area contributed by atoms with Gasteiger partial charge in [0.15, 0.2) is 0 Å². The number of nitriles is 1. The van der Waals surface area contributed by atoms with Gasteiger partial charge in [0, 0.05) is 23.5 Å². The Bertz CT molecular complexity index is 955. The Morgan fingerprint density at radius 3 is 2.75 bits per heavy atom. The summed E-state index contributed by atoms with van der Waals surface area (Å²) in [5, 5.41) is 13.2. The lowest BCUT2D eigenvalue weighted by Gasteiger charge is -2.17. The Hall–Kier alpha value is -2.65. The average Bonchev–Trinajstić information content (AvgIpc) is 3.28. The molecule has 6 heteroatoms. The van der Waals surface area contributed by atoms with Crippen molar-refractivity contribution in [3.63, 3.8) is 0 Å². The second kappa shape index (κ2) is 7.76. The third-order valence-corrected chi connectivity index (χ3v) is 6.88. The maximum absolute atomic E-state index is 12.8. The first-order chi connectivity index (χ1) is 13.6. The molecule has 4 rings (SSSR count). The molecule has 1 aromatic carbocycles. The normalized spacial score (nSPS) is 18.6. The summed E-state index contributed by atoms with van der Waals surface area (Å²) >= 11 is 1.52. The zero-order valence-electron chi connectivity index (χ0n) is 16.0. The maximum atomic E-state index is 12.8. The van der Waals surface area contributed by atoms with Crippen molar-refractivity contribution in [3.05, 3.63) is 45.8 Å². The fourth-order valence-corrected chi connectivity index (χ4v) is 5.27. The summed E-state index contributed by atoms with van der Waals surface area (Å²) in [6.45, 7) is 2.47. The van der Waals surface area contributed by atoms with Crippen LogP contribution in [0.4, 0.5) is 10.7 Å². The Labute approximate surface area is 169 Å². The molecule has 1 saturated heterocycles. The Morgan fingerprint density at radius 2 is 2.04 bits per heavy atom. The number of nitrogens with one attached hydrogen (secondary N) is 1. The minimum absolute atomic E-state index is 0.0321. The van der Waals surface area contributed by atoms with E-state index in [-0.39, 0.29) is 18.2 Å². The largest absolute Gasteiger partial charge is 0.316 e. The van der Waals surface area contributed by atoms with Gasteiger partial charge in [-0.05, 0) is 55.4 Å². The van der Waals surface area contributed by atoms with Gasteiger partial charge in [0.05, 0.1) is 11.5 Å². The van der Waals surface area contributed by atoms with Gasteiger partial charge in [-0.1, -0.05) is 19.1 Å². The molecule has 1 aromatic heterocycles. The van der Waals surface area contributed by atoms with E-state index < -0.39 is 5.92 Å². The fraction of sp³-hybridized carbons (Fsp3) is 0.409. The second-order valence-corrected chi connectivity index (χ2v) is 8.55. The highest BCUT2D eigenvalue weighted by atomic mass is 32.1. The van der Waals surface area contributed by atoms with Crippen LogP contribution in [-0.4, -0.2) is 18.4 Å². The molecule has 5 nitrogen and oxygen atoms in total. The number of hydrogen-bond donors (Lipinski definition) is 1. The van der Waals surface area contributed by atoms with Gasteiger partial charge in [-0.3, -0.25) is 9.59 Å². The third kappa shape index (κ3) is 3.43. The number of benzene rings is 1. The van der Waals surface area contributed by atoms with Crippen LogP contribution in [0.15, 0.2) is 24.3 Å². The Balaban J connectivity index is 1.48. The molecule has 1 N–H and O–H groups in total. The molecule has 1 fully saturated rings. The van der Waals surface area contributed by atoms with Crippen LogP contribution in [0.25, 0.3) is 0 Å². The number of rotatable bonds is 4. The lowest BCUT2D eigenvalue weighted by molar-refractivity contribution is -0.122. The van der Waals surface area contributed by atoms with Crippen LogP contribution in [-0.2, 0) is 28.9 Å². The van der Waals surface area contributed by atoms with Crippen LogP contribution in [0.5, 0.6) is 0 Å². The van der Waals surface area contributed by atoms with Crippen molar-refractivity contribution in [2.45, 2.75) is 45.4 Å². The predicted octanol–water partition coefficient (Wildman–Crippen LogP) is 4.05. The number of carbonyl (C=O) groups is 2. The number of carbonyl (C=O) groups excluding carboxylic acids is 2. The van der Waals surface area contributed by atoms with Crippen molar-refractivity contribution in [3.8, 4) is 6.07 Å². The number of nitrogens with zero attached hydrogens (tertiary/aromatic N) is 2. The van der Waals surface area contributed by atoms with Crippen molar-refractivity contribution in [2.24, 2.45) is 5.92 Å². The van der Waals surface area contributed by atoms with Gasteiger partial charge in [0.2, 0.25) is 11.8 Å². The maximum Gasteiger partial charge on any atom is 0.230 e. The molecular formula is C22H23N3O2S. The molecule has 0 bridgehead atoms. The zero-order chi connectivity index (χ0) is 19.7. The monoisotopic (exact) mass is 393 g/mol. The SMILES string of the molecule is CCc1ccc(N2C[C@H](C(=O)Nc3sc4c(c3C#N)CCCC4)CC2=O)cc1. The summed E-state index contributed by atoms with van der Waals surface area (Å²) < 4.78 is 0. The minimum atomic E-state index is -0.399. The van der Waals surface area contributed by atoms with Gasteiger partial charge in [-0.25, -0.2) is 0 Å². The molecule has 0 unspecified atom stereocenters. The number of thiophene rings is 1. The van der Waals surface area contributed by atoms with Crippen LogP contribution in [0, 0.1) is 17.2 Å². The van der Waals surface area contributed by atoms with E-state index in [1.54, 1.807) is 4.90 Å². The van der Waals surface area contributed by atoms with E-state index >= 15 is 0 Å². The Morgan fingerprint density at radius 1 is 1.29 bits per heavy atom. The van der Waals surface area contributed by atoms with E-state index in [1.807, 2.05) is 24.3 Å². The van der Waals surface area contributed by atoms with E-state index in [4.69, 9.17) is 0 Å².